The van der Waals surface area contributed by atoms with Gasteiger partial charge >= 0.3 is 0 Å². The van der Waals surface area contributed by atoms with Crippen LogP contribution in [0, 0.1) is 0 Å². The van der Waals surface area contributed by atoms with Crippen molar-refractivity contribution in [3.05, 3.63) is 65.0 Å². The summed E-state index contributed by atoms with van der Waals surface area (Å²) in [5, 5.41) is 11.3. The molecule has 1 aromatic heterocycles. The standard InChI is InChI=1S/C21H21ClN4O3/c1-13(2)26(21(28)15-7-6-8-16(11-15)23-14(3)27)12-19-24-25-20(29-19)17-9-4-5-10-18(17)22/h4-11,13H,12H2,1-3H3,(H,23,27). The number of aromatic nitrogens is 2. The van der Waals surface area contributed by atoms with Crippen LogP contribution in [0.15, 0.2) is 52.9 Å². The summed E-state index contributed by atoms with van der Waals surface area (Å²) in [6.07, 6.45) is 0. The second-order valence-electron chi connectivity index (χ2n) is 6.77. The van der Waals surface area contributed by atoms with E-state index < -0.39 is 0 Å². The zero-order valence-corrected chi connectivity index (χ0v) is 17.1. The van der Waals surface area contributed by atoms with E-state index in [9.17, 15) is 9.59 Å². The second kappa shape index (κ2) is 8.87. The smallest absolute Gasteiger partial charge is 0.254 e. The zero-order valence-electron chi connectivity index (χ0n) is 16.3. The molecule has 0 saturated carbocycles. The van der Waals surface area contributed by atoms with Gasteiger partial charge in [-0.1, -0.05) is 29.8 Å². The lowest BCUT2D eigenvalue weighted by atomic mass is 10.1. The number of hydrogen-bond acceptors (Lipinski definition) is 5. The van der Waals surface area contributed by atoms with Gasteiger partial charge in [-0.2, -0.15) is 0 Å². The first kappa shape index (κ1) is 20.5. The van der Waals surface area contributed by atoms with Crippen molar-refractivity contribution in [2.75, 3.05) is 5.32 Å². The maximum Gasteiger partial charge on any atom is 0.254 e. The number of nitrogens with one attached hydrogen (secondary N) is 1. The highest BCUT2D eigenvalue weighted by Gasteiger charge is 2.22. The molecule has 7 nitrogen and oxygen atoms in total. The van der Waals surface area contributed by atoms with Gasteiger partial charge in [0.15, 0.2) is 0 Å². The number of hydrogen-bond donors (Lipinski definition) is 1. The Morgan fingerprint density at radius 3 is 2.59 bits per heavy atom. The molecule has 3 aromatic rings. The second-order valence-corrected chi connectivity index (χ2v) is 7.18. The van der Waals surface area contributed by atoms with Crippen LogP contribution < -0.4 is 5.32 Å². The van der Waals surface area contributed by atoms with Crippen molar-refractivity contribution in [3.8, 4) is 11.5 Å². The SMILES string of the molecule is CC(=O)Nc1cccc(C(=O)N(Cc2nnc(-c3ccccc3Cl)o2)C(C)C)c1. The molecule has 29 heavy (non-hydrogen) atoms. The molecule has 0 spiro atoms. The zero-order chi connectivity index (χ0) is 21.0. The van der Waals surface area contributed by atoms with Gasteiger partial charge in [0.25, 0.3) is 5.91 Å². The lowest BCUT2D eigenvalue weighted by Crippen LogP contribution is -2.36. The van der Waals surface area contributed by atoms with Crippen molar-refractivity contribution in [2.45, 2.75) is 33.4 Å². The average Bonchev–Trinajstić information content (AvgIpc) is 3.14. The molecule has 0 unspecified atom stereocenters. The molecule has 8 heteroatoms. The third-order valence-electron chi connectivity index (χ3n) is 4.19. The van der Waals surface area contributed by atoms with Crippen LogP contribution in [0.1, 0.15) is 37.0 Å². The highest BCUT2D eigenvalue weighted by Crippen LogP contribution is 2.26. The summed E-state index contributed by atoms with van der Waals surface area (Å²) in [6, 6.07) is 13.9. The van der Waals surface area contributed by atoms with Crippen molar-refractivity contribution in [2.24, 2.45) is 0 Å². The molecule has 2 aromatic carbocycles. The van der Waals surface area contributed by atoms with Gasteiger partial charge in [0.1, 0.15) is 0 Å². The van der Waals surface area contributed by atoms with Gasteiger partial charge < -0.3 is 14.6 Å². The molecule has 150 valence electrons. The van der Waals surface area contributed by atoms with Crippen LogP contribution in [0.5, 0.6) is 0 Å². The van der Waals surface area contributed by atoms with Gasteiger partial charge in [-0.3, -0.25) is 9.59 Å². The van der Waals surface area contributed by atoms with Crippen molar-refractivity contribution >= 4 is 29.1 Å². The van der Waals surface area contributed by atoms with E-state index in [0.29, 0.717) is 33.6 Å². The molecule has 0 aliphatic rings. The molecular formula is C21H21ClN4O3. The number of rotatable bonds is 6. The number of halogens is 1. The van der Waals surface area contributed by atoms with E-state index in [1.807, 2.05) is 26.0 Å². The fourth-order valence-corrected chi connectivity index (χ4v) is 3.01. The minimum atomic E-state index is -0.204. The van der Waals surface area contributed by atoms with E-state index in [2.05, 4.69) is 15.5 Å². The summed E-state index contributed by atoms with van der Waals surface area (Å²) in [5.41, 5.74) is 1.65. The molecule has 0 fully saturated rings. The molecule has 1 N–H and O–H groups in total. The third-order valence-corrected chi connectivity index (χ3v) is 4.52. The molecule has 3 rings (SSSR count). The Morgan fingerprint density at radius 1 is 1.14 bits per heavy atom. The van der Waals surface area contributed by atoms with Gasteiger partial charge in [-0.05, 0) is 44.2 Å². The molecule has 0 atom stereocenters. The molecule has 0 bridgehead atoms. The lowest BCUT2D eigenvalue weighted by Gasteiger charge is -2.25. The summed E-state index contributed by atoms with van der Waals surface area (Å²) >= 11 is 6.18. The molecule has 0 radical (unpaired) electrons. The molecule has 1 heterocycles. The summed E-state index contributed by atoms with van der Waals surface area (Å²) in [7, 11) is 0. The third kappa shape index (κ3) is 5.00. The van der Waals surface area contributed by atoms with E-state index >= 15 is 0 Å². The van der Waals surface area contributed by atoms with Crippen LogP contribution in [0.3, 0.4) is 0 Å². The predicted molar refractivity (Wildman–Crippen MR) is 110 cm³/mol. The van der Waals surface area contributed by atoms with Crippen LogP contribution in [0.4, 0.5) is 5.69 Å². The van der Waals surface area contributed by atoms with Crippen LogP contribution in [0.25, 0.3) is 11.5 Å². The highest BCUT2D eigenvalue weighted by atomic mass is 35.5. The predicted octanol–water partition coefficient (Wildman–Crippen LogP) is 4.40. The Bertz CT molecular complexity index is 1030. The fourth-order valence-electron chi connectivity index (χ4n) is 2.79. The maximum atomic E-state index is 13.1. The van der Waals surface area contributed by atoms with Crippen LogP contribution in [-0.4, -0.2) is 33.0 Å². The quantitative estimate of drug-likeness (QED) is 0.648. The number of amides is 2. The van der Waals surface area contributed by atoms with Crippen LogP contribution in [0.2, 0.25) is 5.02 Å². The number of carbonyl (C=O) groups excluding carboxylic acids is 2. The average molecular weight is 413 g/mol. The Hall–Kier alpha value is -3.19. The summed E-state index contributed by atoms with van der Waals surface area (Å²) < 4.78 is 5.74. The van der Waals surface area contributed by atoms with Crippen molar-refractivity contribution in [3.63, 3.8) is 0 Å². The summed E-state index contributed by atoms with van der Waals surface area (Å²) in [4.78, 5) is 26.0. The summed E-state index contributed by atoms with van der Waals surface area (Å²) in [5.74, 6) is 0.201. The molecule has 2 amide bonds. The monoisotopic (exact) mass is 412 g/mol. The lowest BCUT2D eigenvalue weighted by molar-refractivity contribution is -0.114. The van der Waals surface area contributed by atoms with Crippen molar-refractivity contribution in [1.82, 2.24) is 15.1 Å². The summed E-state index contributed by atoms with van der Waals surface area (Å²) in [6.45, 7) is 5.38. The topological polar surface area (TPSA) is 88.3 Å². The molecule has 0 aliphatic heterocycles. The Labute approximate surface area is 173 Å². The van der Waals surface area contributed by atoms with E-state index in [0.717, 1.165) is 0 Å². The van der Waals surface area contributed by atoms with Gasteiger partial charge in [0.2, 0.25) is 17.7 Å². The van der Waals surface area contributed by atoms with E-state index in [1.54, 1.807) is 41.3 Å². The Balaban J connectivity index is 1.82. The van der Waals surface area contributed by atoms with Crippen LogP contribution >= 0.6 is 11.6 Å². The fraction of sp³-hybridized carbons (Fsp3) is 0.238. The van der Waals surface area contributed by atoms with Gasteiger partial charge in [-0.15, -0.1) is 10.2 Å². The number of benzene rings is 2. The molecular weight excluding hydrogens is 392 g/mol. The first-order valence-electron chi connectivity index (χ1n) is 9.11. The van der Waals surface area contributed by atoms with Gasteiger partial charge in [0, 0.05) is 24.2 Å². The minimum Gasteiger partial charge on any atom is -0.419 e. The Kier molecular flexibility index (Phi) is 6.29. The van der Waals surface area contributed by atoms with E-state index in [4.69, 9.17) is 16.0 Å². The normalized spacial score (nSPS) is 10.8. The van der Waals surface area contributed by atoms with Crippen molar-refractivity contribution in [1.29, 1.82) is 0 Å². The van der Waals surface area contributed by atoms with E-state index in [1.165, 1.54) is 6.92 Å². The number of carbonyl (C=O) groups is 2. The molecule has 0 saturated heterocycles. The van der Waals surface area contributed by atoms with Gasteiger partial charge in [-0.25, -0.2) is 0 Å². The van der Waals surface area contributed by atoms with Crippen LogP contribution in [-0.2, 0) is 11.3 Å². The van der Waals surface area contributed by atoms with E-state index in [-0.39, 0.29) is 24.4 Å². The Morgan fingerprint density at radius 2 is 1.90 bits per heavy atom. The largest absolute Gasteiger partial charge is 0.419 e. The number of anilines is 1. The first-order chi connectivity index (χ1) is 13.8. The number of nitrogens with zero attached hydrogens (tertiary/aromatic N) is 3. The molecule has 0 aliphatic carbocycles. The van der Waals surface area contributed by atoms with Crippen molar-refractivity contribution < 1.29 is 14.0 Å². The van der Waals surface area contributed by atoms with Gasteiger partial charge in [0.05, 0.1) is 17.1 Å². The minimum absolute atomic E-state index is 0.109. The maximum absolute atomic E-state index is 13.1. The first-order valence-corrected chi connectivity index (χ1v) is 9.49. The highest BCUT2D eigenvalue weighted by molar-refractivity contribution is 6.33.